The van der Waals surface area contributed by atoms with Gasteiger partial charge in [-0.3, -0.25) is 4.79 Å². The van der Waals surface area contributed by atoms with E-state index in [0.29, 0.717) is 28.1 Å². The normalized spacial score (nSPS) is 10.3. The number of rotatable bonds is 4. The number of nitrogens with one attached hydrogen (secondary N) is 2. The number of hydrogen-bond donors (Lipinski definition) is 2. The minimum atomic E-state index is -0.389. The lowest BCUT2D eigenvalue weighted by atomic mass is 10.3. The van der Waals surface area contributed by atoms with E-state index in [1.165, 1.54) is 12.4 Å². The highest BCUT2D eigenvalue weighted by molar-refractivity contribution is 6.33. The van der Waals surface area contributed by atoms with Gasteiger partial charge in [0, 0.05) is 12.1 Å². The quantitative estimate of drug-likeness (QED) is 0.761. The first kappa shape index (κ1) is 15.0. The van der Waals surface area contributed by atoms with Crippen molar-refractivity contribution in [2.24, 2.45) is 0 Å². The van der Waals surface area contributed by atoms with Crippen LogP contribution >= 0.6 is 11.6 Å². The minimum absolute atomic E-state index is 0.197. The number of nitrogens with zero attached hydrogens (tertiary/aromatic N) is 3. The van der Waals surface area contributed by atoms with E-state index in [-0.39, 0.29) is 11.6 Å². The molecular weight excluding hydrogens is 318 g/mol. The Labute approximate surface area is 136 Å². The van der Waals surface area contributed by atoms with Crippen LogP contribution in [0.4, 0.5) is 17.3 Å². The standard InChI is InChI=1S/C15H12ClN5O2/c1-9-6-14(21-23-9)20-13-7-12(17-8-18-13)15(22)19-11-5-3-2-4-10(11)16/h2-8H,1H3,(H,19,22)(H,17,18,20,21). The molecule has 3 aromatic rings. The number of carbonyl (C=O) groups is 1. The third-order valence-electron chi connectivity index (χ3n) is 2.91. The van der Waals surface area contributed by atoms with Gasteiger partial charge in [0.15, 0.2) is 5.82 Å². The smallest absolute Gasteiger partial charge is 0.274 e. The first-order valence-corrected chi connectivity index (χ1v) is 7.08. The summed E-state index contributed by atoms with van der Waals surface area (Å²) in [5.74, 6) is 1.20. The van der Waals surface area contributed by atoms with Crippen molar-refractivity contribution in [1.29, 1.82) is 0 Å². The molecule has 0 aliphatic carbocycles. The van der Waals surface area contributed by atoms with E-state index in [1.54, 1.807) is 37.3 Å². The van der Waals surface area contributed by atoms with Crippen molar-refractivity contribution in [3.63, 3.8) is 0 Å². The molecule has 0 radical (unpaired) electrons. The van der Waals surface area contributed by atoms with Gasteiger partial charge in [0.1, 0.15) is 23.6 Å². The monoisotopic (exact) mass is 329 g/mol. The summed E-state index contributed by atoms with van der Waals surface area (Å²) in [5, 5.41) is 9.88. The van der Waals surface area contributed by atoms with E-state index in [2.05, 4.69) is 25.8 Å². The fraction of sp³-hybridized carbons (Fsp3) is 0.0667. The maximum absolute atomic E-state index is 12.3. The van der Waals surface area contributed by atoms with Crippen LogP contribution in [0.3, 0.4) is 0 Å². The van der Waals surface area contributed by atoms with Crippen molar-refractivity contribution in [2.75, 3.05) is 10.6 Å². The Morgan fingerprint density at radius 3 is 2.74 bits per heavy atom. The van der Waals surface area contributed by atoms with Crippen LogP contribution in [0.15, 0.2) is 47.2 Å². The SMILES string of the molecule is Cc1cc(Nc2cc(C(=O)Nc3ccccc3Cl)ncn2)no1. The molecule has 0 bridgehead atoms. The van der Waals surface area contributed by atoms with E-state index in [0.717, 1.165) is 0 Å². The lowest BCUT2D eigenvalue weighted by Gasteiger charge is -2.07. The van der Waals surface area contributed by atoms with Crippen LogP contribution < -0.4 is 10.6 Å². The minimum Gasteiger partial charge on any atom is -0.360 e. The van der Waals surface area contributed by atoms with Gasteiger partial charge in [-0.05, 0) is 19.1 Å². The molecule has 1 amide bonds. The summed E-state index contributed by atoms with van der Waals surface area (Å²) >= 11 is 6.02. The summed E-state index contributed by atoms with van der Waals surface area (Å²) in [6.07, 6.45) is 1.29. The van der Waals surface area contributed by atoms with Gasteiger partial charge >= 0.3 is 0 Å². The van der Waals surface area contributed by atoms with Crippen LogP contribution in [-0.4, -0.2) is 21.0 Å². The topological polar surface area (TPSA) is 92.9 Å². The summed E-state index contributed by atoms with van der Waals surface area (Å²) < 4.78 is 4.96. The Hall–Kier alpha value is -2.93. The average Bonchev–Trinajstić information content (AvgIpc) is 2.95. The van der Waals surface area contributed by atoms with Gasteiger partial charge in [-0.15, -0.1) is 0 Å². The molecule has 2 N–H and O–H groups in total. The highest BCUT2D eigenvalue weighted by atomic mass is 35.5. The van der Waals surface area contributed by atoms with Crippen molar-refractivity contribution in [2.45, 2.75) is 6.92 Å². The summed E-state index contributed by atoms with van der Waals surface area (Å²) in [6, 6.07) is 10.2. The third-order valence-corrected chi connectivity index (χ3v) is 3.24. The molecule has 0 aliphatic rings. The zero-order valence-electron chi connectivity index (χ0n) is 12.1. The van der Waals surface area contributed by atoms with Crippen molar-refractivity contribution in [3.8, 4) is 0 Å². The zero-order chi connectivity index (χ0) is 16.2. The number of amides is 1. The van der Waals surface area contributed by atoms with Crippen LogP contribution in [0.1, 0.15) is 16.2 Å². The molecule has 23 heavy (non-hydrogen) atoms. The number of para-hydroxylation sites is 1. The van der Waals surface area contributed by atoms with E-state index >= 15 is 0 Å². The maximum atomic E-state index is 12.3. The second-order valence-electron chi connectivity index (χ2n) is 4.67. The van der Waals surface area contributed by atoms with Crippen LogP contribution in [0, 0.1) is 6.92 Å². The first-order valence-electron chi connectivity index (χ1n) is 6.70. The number of halogens is 1. The van der Waals surface area contributed by atoms with E-state index in [4.69, 9.17) is 16.1 Å². The summed E-state index contributed by atoms with van der Waals surface area (Å²) in [5.41, 5.74) is 0.710. The largest absolute Gasteiger partial charge is 0.360 e. The number of benzene rings is 1. The highest BCUT2D eigenvalue weighted by Crippen LogP contribution is 2.21. The van der Waals surface area contributed by atoms with Crippen LogP contribution in [0.25, 0.3) is 0 Å². The van der Waals surface area contributed by atoms with E-state index < -0.39 is 0 Å². The van der Waals surface area contributed by atoms with Crippen LogP contribution in [0.2, 0.25) is 5.02 Å². The molecule has 0 saturated heterocycles. The predicted molar refractivity (Wildman–Crippen MR) is 86.0 cm³/mol. The summed E-state index contributed by atoms with van der Waals surface area (Å²) in [4.78, 5) is 20.3. The predicted octanol–water partition coefficient (Wildman–Crippen LogP) is 3.42. The Morgan fingerprint density at radius 1 is 1.17 bits per heavy atom. The van der Waals surface area contributed by atoms with Crippen LogP contribution in [0.5, 0.6) is 0 Å². The Balaban J connectivity index is 1.76. The highest BCUT2D eigenvalue weighted by Gasteiger charge is 2.11. The van der Waals surface area contributed by atoms with Crippen molar-refractivity contribution in [3.05, 3.63) is 59.2 Å². The molecule has 2 aromatic heterocycles. The second-order valence-corrected chi connectivity index (χ2v) is 5.08. The third kappa shape index (κ3) is 3.64. The molecule has 0 spiro atoms. The van der Waals surface area contributed by atoms with Crippen molar-refractivity contribution >= 4 is 34.8 Å². The molecule has 0 atom stereocenters. The Kier molecular flexibility index (Phi) is 4.20. The number of hydrogen-bond acceptors (Lipinski definition) is 6. The van der Waals surface area contributed by atoms with E-state index in [1.807, 2.05) is 0 Å². The number of aryl methyl sites for hydroxylation is 1. The fourth-order valence-corrected chi connectivity index (χ4v) is 2.04. The van der Waals surface area contributed by atoms with Crippen molar-refractivity contribution < 1.29 is 9.32 Å². The zero-order valence-corrected chi connectivity index (χ0v) is 12.8. The summed E-state index contributed by atoms with van der Waals surface area (Å²) in [6.45, 7) is 1.78. The van der Waals surface area contributed by atoms with Gasteiger partial charge in [0.25, 0.3) is 5.91 Å². The lowest BCUT2D eigenvalue weighted by Crippen LogP contribution is -2.14. The molecule has 0 unspecified atom stereocenters. The number of aromatic nitrogens is 3. The number of carbonyl (C=O) groups excluding carboxylic acids is 1. The maximum Gasteiger partial charge on any atom is 0.274 e. The second kappa shape index (κ2) is 6.45. The molecular formula is C15H12ClN5O2. The van der Waals surface area contributed by atoms with Gasteiger partial charge in [-0.25, -0.2) is 9.97 Å². The molecule has 8 heteroatoms. The molecule has 3 rings (SSSR count). The van der Waals surface area contributed by atoms with E-state index in [9.17, 15) is 4.79 Å². The molecule has 0 fully saturated rings. The summed E-state index contributed by atoms with van der Waals surface area (Å²) in [7, 11) is 0. The van der Waals surface area contributed by atoms with Crippen LogP contribution in [-0.2, 0) is 0 Å². The number of anilines is 3. The molecule has 2 heterocycles. The molecule has 1 aromatic carbocycles. The van der Waals surface area contributed by atoms with Gasteiger partial charge in [-0.2, -0.15) is 0 Å². The lowest BCUT2D eigenvalue weighted by molar-refractivity contribution is 0.102. The Bertz CT molecular complexity index is 849. The molecule has 0 aliphatic heterocycles. The molecule has 0 saturated carbocycles. The molecule has 7 nitrogen and oxygen atoms in total. The van der Waals surface area contributed by atoms with Gasteiger partial charge < -0.3 is 15.2 Å². The Morgan fingerprint density at radius 2 is 2.00 bits per heavy atom. The first-order chi connectivity index (χ1) is 11.1. The average molecular weight is 330 g/mol. The van der Waals surface area contributed by atoms with Gasteiger partial charge in [0.05, 0.1) is 10.7 Å². The van der Waals surface area contributed by atoms with Gasteiger partial charge in [0.2, 0.25) is 0 Å². The molecule has 116 valence electrons. The van der Waals surface area contributed by atoms with Gasteiger partial charge in [-0.1, -0.05) is 28.9 Å². The fourth-order valence-electron chi connectivity index (χ4n) is 1.86. The van der Waals surface area contributed by atoms with Crippen molar-refractivity contribution in [1.82, 2.24) is 15.1 Å².